The Morgan fingerprint density at radius 2 is 2.04 bits per heavy atom. The molecule has 0 amide bonds. The molecule has 0 aliphatic carbocycles. The van der Waals surface area contributed by atoms with Crippen molar-refractivity contribution in [2.75, 3.05) is 13.1 Å². The highest BCUT2D eigenvalue weighted by Gasteiger charge is 2.29. The van der Waals surface area contributed by atoms with Gasteiger partial charge in [0.15, 0.2) is 5.82 Å². The lowest BCUT2D eigenvalue weighted by Gasteiger charge is -2.11. The van der Waals surface area contributed by atoms with Crippen molar-refractivity contribution in [3.05, 3.63) is 35.0 Å². The van der Waals surface area contributed by atoms with Gasteiger partial charge < -0.3 is 5.32 Å². The van der Waals surface area contributed by atoms with Gasteiger partial charge in [0.1, 0.15) is 4.90 Å². The van der Waals surface area contributed by atoms with E-state index in [9.17, 15) is 8.42 Å². The monoisotopic (exact) mass is 380 g/mol. The van der Waals surface area contributed by atoms with E-state index in [-0.39, 0.29) is 9.79 Å². The largest absolute Gasteiger partial charge is 0.316 e. The summed E-state index contributed by atoms with van der Waals surface area (Å²) in [5.74, 6) is 0.414. The average Bonchev–Trinajstić information content (AvgIpc) is 2.87. The fourth-order valence-corrected chi connectivity index (χ4v) is 4.72. The summed E-state index contributed by atoms with van der Waals surface area (Å²) in [5, 5.41) is 8.17. The summed E-state index contributed by atoms with van der Waals surface area (Å²) < 4.78 is 28.1. The van der Waals surface area contributed by atoms with Gasteiger partial charge in [0.05, 0.1) is 10.6 Å². The number of sulfone groups is 1. The number of hydrogen-bond donors (Lipinski definition) is 1. The Balaban J connectivity index is 2.19. The van der Waals surface area contributed by atoms with Crippen LogP contribution in [0.25, 0.3) is 0 Å². The van der Waals surface area contributed by atoms with Gasteiger partial charge in [-0.15, -0.1) is 0 Å². The molecule has 3 rings (SSSR count). The molecule has 0 saturated carbocycles. The Hall–Kier alpha value is -1.70. The molecule has 0 spiro atoms. The maximum absolute atomic E-state index is 13.2. The summed E-state index contributed by atoms with van der Waals surface area (Å²) >= 11 is 5.99. The number of aryl methyl sites for hydroxylation is 2. The van der Waals surface area contributed by atoms with Gasteiger partial charge in [-0.3, -0.25) is 0 Å². The van der Waals surface area contributed by atoms with Gasteiger partial charge >= 0.3 is 0 Å². The molecule has 0 saturated heterocycles. The maximum atomic E-state index is 13.2. The number of aromatic nitrogens is 2. The predicted molar refractivity (Wildman–Crippen MR) is 98.7 cm³/mol. The molecule has 1 aromatic heterocycles. The topological polar surface area (TPSA) is 76.3 Å². The predicted octanol–water partition coefficient (Wildman–Crippen LogP) is 3.15. The summed E-state index contributed by atoms with van der Waals surface area (Å²) in [4.78, 5) is 4.93. The van der Waals surface area contributed by atoms with Crippen molar-refractivity contribution < 1.29 is 8.42 Å². The van der Waals surface area contributed by atoms with Crippen LogP contribution in [0.15, 0.2) is 39.0 Å². The van der Waals surface area contributed by atoms with E-state index in [1.807, 2.05) is 6.92 Å². The number of nitrogens with one attached hydrogen (secondary N) is 1. The van der Waals surface area contributed by atoms with Gasteiger partial charge in [0.2, 0.25) is 9.84 Å². The van der Waals surface area contributed by atoms with Gasteiger partial charge in [-0.05, 0) is 51.4 Å². The molecule has 25 heavy (non-hydrogen) atoms. The van der Waals surface area contributed by atoms with Gasteiger partial charge in [-0.25, -0.2) is 18.1 Å². The van der Waals surface area contributed by atoms with Crippen molar-refractivity contribution in [3.63, 3.8) is 0 Å². The number of hydrogen-bond acceptors (Lipinski definition) is 5. The first-order valence-corrected chi connectivity index (χ1v) is 10.1. The fourth-order valence-electron chi connectivity index (χ4n) is 2.87. The van der Waals surface area contributed by atoms with Crippen LogP contribution in [0.3, 0.4) is 0 Å². The second-order valence-electron chi connectivity index (χ2n) is 6.12. The molecule has 134 valence electrons. The molecule has 1 aromatic carbocycles. The molecule has 1 aliphatic rings. The van der Waals surface area contributed by atoms with Crippen LogP contribution in [0.5, 0.6) is 0 Å². The van der Waals surface area contributed by atoms with E-state index in [2.05, 4.69) is 15.4 Å². The summed E-state index contributed by atoms with van der Waals surface area (Å²) in [6.45, 7) is 5.93. The Bertz CT molecular complexity index is 919. The molecule has 0 unspecified atom stereocenters. The molecule has 0 radical (unpaired) electrons. The maximum Gasteiger partial charge on any atom is 0.212 e. The molecular weight excluding hydrogens is 360 g/mol. The lowest BCUT2D eigenvalue weighted by Crippen LogP contribution is -2.21. The quantitative estimate of drug-likeness (QED) is 0.868. The Morgan fingerprint density at radius 3 is 2.80 bits per heavy atom. The lowest BCUT2D eigenvalue weighted by atomic mass is 10.3. The van der Waals surface area contributed by atoms with Crippen LogP contribution in [0.4, 0.5) is 5.82 Å². The normalized spacial score (nSPS) is 16.2. The van der Waals surface area contributed by atoms with Crippen molar-refractivity contribution in [1.82, 2.24) is 15.1 Å². The Labute approximate surface area is 152 Å². The highest BCUT2D eigenvalue weighted by Crippen LogP contribution is 2.34. The van der Waals surface area contributed by atoms with Crippen LogP contribution in [0, 0.1) is 6.92 Å². The van der Waals surface area contributed by atoms with Crippen LogP contribution in [0.1, 0.15) is 25.5 Å². The number of benzene rings is 1. The smallest absolute Gasteiger partial charge is 0.212 e. The third-order valence-electron chi connectivity index (χ3n) is 4.11. The number of fused-ring (bicyclic) bond motifs is 1. The number of nitrogens with zero attached hydrogens (tertiary/aromatic N) is 3. The molecule has 0 bridgehead atoms. The van der Waals surface area contributed by atoms with E-state index in [1.54, 1.807) is 29.8 Å². The standard InChI is InChI=1S/C17H21ClN4O2S/c1-12-7-9-19-8-4-10-22-17(20-12)16(13(2)21-22)25(23,24)15-6-3-5-14(18)11-15/h3,5-6,11,19H,4,7-10H2,1-2H3. The second-order valence-corrected chi connectivity index (χ2v) is 8.45. The summed E-state index contributed by atoms with van der Waals surface area (Å²) in [6, 6.07) is 6.29. The van der Waals surface area contributed by atoms with E-state index in [1.165, 1.54) is 6.07 Å². The van der Waals surface area contributed by atoms with Crippen molar-refractivity contribution in [2.45, 2.75) is 43.0 Å². The minimum Gasteiger partial charge on any atom is -0.316 e. The van der Waals surface area contributed by atoms with Crippen LogP contribution in [0.2, 0.25) is 5.02 Å². The van der Waals surface area contributed by atoms with Crippen LogP contribution < -0.4 is 5.32 Å². The SMILES string of the molecule is CC1=Nc2c(S(=O)(=O)c3cccc(Cl)c3)c(C)nn2CCCNCC1. The first kappa shape index (κ1) is 18.1. The number of halogens is 1. The summed E-state index contributed by atoms with van der Waals surface area (Å²) in [5.41, 5.74) is 1.33. The van der Waals surface area contributed by atoms with Crippen LogP contribution in [-0.4, -0.2) is 37.0 Å². The van der Waals surface area contributed by atoms with Crippen molar-refractivity contribution in [2.24, 2.45) is 4.99 Å². The molecule has 6 nitrogen and oxygen atoms in total. The van der Waals surface area contributed by atoms with E-state index >= 15 is 0 Å². The third kappa shape index (κ3) is 3.78. The van der Waals surface area contributed by atoms with E-state index in [4.69, 9.17) is 11.6 Å². The zero-order chi connectivity index (χ0) is 18.0. The summed E-state index contributed by atoms with van der Waals surface area (Å²) in [6.07, 6.45) is 1.63. The molecule has 0 fully saturated rings. The average molecular weight is 381 g/mol. The molecule has 1 aliphatic heterocycles. The second kappa shape index (κ2) is 7.27. The molecule has 2 heterocycles. The minimum atomic E-state index is -3.75. The zero-order valence-corrected chi connectivity index (χ0v) is 15.9. The highest BCUT2D eigenvalue weighted by atomic mass is 35.5. The zero-order valence-electron chi connectivity index (χ0n) is 14.3. The van der Waals surface area contributed by atoms with Gasteiger partial charge in [-0.1, -0.05) is 17.7 Å². The first-order valence-electron chi connectivity index (χ1n) is 8.22. The van der Waals surface area contributed by atoms with Gasteiger partial charge in [-0.2, -0.15) is 5.10 Å². The molecule has 1 N–H and O–H groups in total. The molecular formula is C17H21ClN4O2S. The van der Waals surface area contributed by atoms with Crippen molar-refractivity contribution >= 4 is 33.0 Å². The van der Waals surface area contributed by atoms with E-state index in [0.29, 0.717) is 23.1 Å². The summed E-state index contributed by atoms with van der Waals surface area (Å²) in [7, 11) is -3.75. The highest BCUT2D eigenvalue weighted by molar-refractivity contribution is 7.91. The van der Waals surface area contributed by atoms with Crippen LogP contribution in [-0.2, 0) is 16.4 Å². The lowest BCUT2D eigenvalue weighted by molar-refractivity contribution is 0.543. The van der Waals surface area contributed by atoms with Gasteiger partial charge in [0.25, 0.3) is 0 Å². The Morgan fingerprint density at radius 1 is 1.24 bits per heavy atom. The van der Waals surface area contributed by atoms with Crippen molar-refractivity contribution in [3.8, 4) is 0 Å². The number of rotatable bonds is 2. The van der Waals surface area contributed by atoms with Crippen molar-refractivity contribution in [1.29, 1.82) is 0 Å². The molecule has 0 atom stereocenters. The number of aliphatic imine (C=N–C) groups is 1. The van der Waals surface area contributed by atoms with E-state index < -0.39 is 9.84 Å². The van der Waals surface area contributed by atoms with Gasteiger partial charge in [0, 0.05) is 23.8 Å². The molecule has 2 aromatic rings. The van der Waals surface area contributed by atoms with E-state index in [0.717, 1.165) is 31.6 Å². The van der Waals surface area contributed by atoms with Crippen LogP contribution >= 0.6 is 11.6 Å². The minimum absolute atomic E-state index is 0.158. The third-order valence-corrected chi connectivity index (χ3v) is 6.23. The first-order chi connectivity index (χ1) is 11.9. The fraction of sp³-hybridized carbons (Fsp3) is 0.412. The Kier molecular flexibility index (Phi) is 5.27. The molecule has 8 heteroatoms.